The average molecular weight is 346 g/mol. The first-order valence-electron chi connectivity index (χ1n) is 8.85. The fourth-order valence-corrected chi connectivity index (χ4v) is 2.93. The molecule has 1 aliphatic rings. The van der Waals surface area contributed by atoms with Gasteiger partial charge in [-0.3, -0.25) is 14.4 Å². The fraction of sp³-hybridized carbons (Fsp3) is 0.526. The van der Waals surface area contributed by atoms with Crippen LogP contribution in [0, 0.1) is 0 Å². The highest BCUT2D eigenvalue weighted by Crippen LogP contribution is 2.13. The Morgan fingerprint density at radius 3 is 2.44 bits per heavy atom. The van der Waals surface area contributed by atoms with Crippen molar-refractivity contribution < 1.29 is 19.1 Å². The number of ether oxygens (including phenoxy) is 1. The maximum atomic E-state index is 12.1. The second-order valence-electron chi connectivity index (χ2n) is 6.19. The molecule has 1 fully saturated rings. The fourth-order valence-electron chi connectivity index (χ4n) is 2.93. The average Bonchev–Trinajstić information content (AvgIpc) is 2.61. The molecule has 0 radical (unpaired) electrons. The van der Waals surface area contributed by atoms with Crippen molar-refractivity contribution in [3.8, 4) is 0 Å². The topological polar surface area (TPSA) is 75.7 Å². The van der Waals surface area contributed by atoms with Gasteiger partial charge in [-0.15, -0.1) is 0 Å². The van der Waals surface area contributed by atoms with Crippen molar-refractivity contribution in [2.24, 2.45) is 0 Å². The molecule has 2 rings (SSSR count). The first kappa shape index (κ1) is 19.0. The van der Waals surface area contributed by atoms with Crippen LogP contribution >= 0.6 is 0 Å². The zero-order valence-corrected chi connectivity index (χ0v) is 14.7. The molecule has 0 bridgehead atoms. The highest BCUT2D eigenvalue weighted by Gasteiger charge is 2.24. The maximum absolute atomic E-state index is 12.1. The summed E-state index contributed by atoms with van der Waals surface area (Å²) in [5, 5.41) is 3.04. The first-order valence-corrected chi connectivity index (χ1v) is 8.85. The molecule has 1 N–H and O–H groups in total. The van der Waals surface area contributed by atoms with Gasteiger partial charge < -0.3 is 15.0 Å². The summed E-state index contributed by atoms with van der Waals surface area (Å²) in [7, 11) is 0. The summed E-state index contributed by atoms with van der Waals surface area (Å²) in [5.41, 5.74) is 0.992. The van der Waals surface area contributed by atoms with E-state index in [1.54, 1.807) is 11.8 Å². The largest absolute Gasteiger partial charge is 0.466 e. The third-order valence-corrected chi connectivity index (χ3v) is 4.27. The van der Waals surface area contributed by atoms with Gasteiger partial charge >= 0.3 is 5.97 Å². The number of esters is 1. The summed E-state index contributed by atoms with van der Waals surface area (Å²) in [6.45, 7) is 3.30. The zero-order chi connectivity index (χ0) is 18.1. The first-order chi connectivity index (χ1) is 12.1. The van der Waals surface area contributed by atoms with Gasteiger partial charge in [0.1, 0.15) is 0 Å². The molecule has 1 heterocycles. The lowest BCUT2D eigenvalue weighted by molar-refractivity contribution is -0.146. The highest BCUT2D eigenvalue weighted by molar-refractivity contribution is 5.81. The van der Waals surface area contributed by atoms with E-state index in [-0.39, 0.29) is 36.7 Å². The standard InChI is InChI=1S/C19H26N2O4/c1-2-25-19(24)9-8-18(23)21-12-10-16(11-13-21)20-17(22)14-15-6-4-3-5-7-15/h3-7,16H,2,8-14H2,1H3,(H,20,22). The van der Waals surface area contributed by atoms with Crippen molar-refractivity contribution >= 4 is 17.8 Å². The SMILES string of the molecule is CCOC(=O)CCC(=O)N1CCC(NC(=O)Cc2ccccc2)CC1. The second-order valence-corrected chi connectivity index (χ2v) is 6.19. The van der Waals surface area contributed by atoms with E-state index >= 15 is 0 Å². The molecule has 1 saturated heterocycles. The highest BCUT2D eigenvalue weighted by atomic mass is 16.5. The molecule has 0 aromatic heterocycles. The van der Waals surface area contributed by atoms with Crippen molar-refractivity contribution in [3.05, 3.63) is 35.9 Å². The molecule has 0 unspecified atom stereocenters. The van der Waals surface area contributed by atoms with E-state index in [1.807, 2.05) is 30.3 Å². The van der Waals surface area contributed by atoms with Crippen LogP contribution in [0.2, 0.25) is 0 Å². The Bertz CT molecular complexity index is 580. The monoisotopic (exact) mass is 346 g/mol. The van der Waals surface area contributed by atoms with Crippen LogP contribution < -0.4 is 5.32 Å². The molecule has 6 nitrogen and oxygen atoms in total. The minimum atomic E-state index is -0.334. The smallest absolute Gasteiger partial charge is 0.306 e. The number of hydrogen-bond donors (Lipinski definition) is 1. The lowest BCUT2D eigenvalue weighted by Gasteiger charge is -2.32. The predicted molar refractivity (Wildman–Crippen MR) is 93.8 cm³/mol. The Hall–Kier alpha value is -2.37. The molecule has 1 aromatic rings. The van der Waals surface area contributed by atoms with Crippen molar-refractivity contribution in [2.75, 3.05) is 19.7 Å². The Morgan fingerprint density at radius 2 is 1.80 bits per heavy atom. The Kier molecular flexibility index (Phi) is 7.44. The van der Waals surface area contributed by atoms with Gasteiger partial charge in [-0.1, -0.05) is 30.3 Å². The predicted octanol–water partition coefficient (Wildman–Crippen LogP) is 1.68. The normalized spacial score (nSPS) is 14.8. The number of carbonyl (C=O) groups is 3. The zero-order valence-electron chi connectivity index (χ0n) is 14.7. The molecule has 0 aliphatic carbocycles. The van der Waals surface area contributed by atoms with Gasteiger partial charge in [0.15, 0.2) is 0 Å². The van der Waals surface area contributed by atoms with E-state index in [2.05, 4.69) is 5.32 Å². The molecule has 0 atom stereocenters. The molecule has 25 heavy (non-hydrogen) atoms. The Balaban J connectivity index is 1.67. The summed E-state index contributed by atoms with van der Waals surface area (Å²) in [4.78, 5) is 37.3. The molecule has 1 aliphatic heterocycles. The lowest BCUT2D eigenvalue weighted by atomic mass is 10.0. The van der Waals surface area contributed by atoms with Crippen LogP contribution in [0.4, 0.5) is 0 Å². The molecule has 1 aromatic carbocycles. The molecule has 6 heteroatoms. The molecule has 0 spiro atoms. The number of amides is 2. The summed E-state index contributed by atoms with van der Waals surface area (Å²) in [6.07, 6.45) is 2.17. The van der Waals surface area contributed by atoms with Gasteiger partial charge in [-0.25, -0.2) is 0 Å². The maximum Gasteiger partial charge on any atom is 0.306 e. The van der Waals surface area contributed by atoms with Crippen molar-refractivity contribution in [3.63, 3.8) is 0 Å². The number of nitrogens with zero attached hydrogens (tertiary/aromatic N) is 1. The van der Waals surface area contributed by atoms with Gasteiger partial charge in [0.25, 0.3) is 0 Å². The lowest BCUT2D eigenvalue weighted by Crippen LogP contribution is -2.46. The number of piperidine rings is 1. The van der Waals surface area contributed by atoms with Crippen LogP contribution in [0.5, 0.6) is 0 Å². The van der Waals surface area contributed by atoms with Gasteiger partial charge in [0, 0.05) is 25.6 Å². The third-order valence-electron chi connectivity index (χ3n) is 4.27. The minimum absolute atomic E-state index is 0.0123. The Morgan fingerprint density at radius 1 is 1.12 bits per heavy atom. The van der Waals surface area contributed by atoms with Crippen LogP contribution in [0.25, 0.3) is 0 Å². The van der Waals surface area contributed by atoms with Gasteiger partial charge in [0.05, 0.1) is 19.4 Å². The van der Waals surface area contributed by atoms with E-state index < -0.39 is 0 Å². The van der Waals surface area contributed by atoms with Crippen LogP contribution in [0.15, 0.2) is 30.3 Å². The Labute approximate surface area is 148 Å². The number of benzene rings is 1. The molecule has 136 valence electrons. The minimum Gasteiger partial charge on any atom is -0.466 e. The van der Waals surface area contributed by atoms with Crippen molar-refractivity contribution in [2.45, 2.75) is 45.1 Å². The molecular formula is C19H26N2O4. The second kappa shape index (κ2) is 9.81. The van der Waals surface area contributed by atoms with Crippen molar-refractivity contribution in [1.82, 2.24) is 10.2 Å². The van der Waals surface area contributed by atoms with E-state index in [9.17, 15) is 14.4 Å². The van der Waals surface area contributed by atoms with Crippen LogP contribution in [-0.2, 0) is 25.5 Å². The van der Waals surface area contributed by atoms with Crippen LogP contribution in [0.1, 0.15) is 38.2 Å². The van der Waals surface area contributed by atoms with E-state index in [4.69, 9.17) is 4.74 Å². The number of likely N-dealkylation sites (tertiary alicyclic amines) is 1. The summed E-state index contributed by atoms with van der Waals surface area (Å²) in [5.74, 6) is -0.348. The summed E-state index contributed by atoms with van der Waals surface area (Å²) >= 11 is 0. The van der Waals surface area contributed by atoms with E-state index in [0.717, 1.165) is 18.4 Å². The number of nitrogens with one attached hydrogen (secondary N) is 1. The molecule has 2 amide bonds. The molecular weight excluding hydrogens is 320 g/mol. The molecule has 0 saturated carbocycles. The van der Waals surface area contributed by atoms with E-state index in [0.29, 0.717) is 26.1 Å². The third kappa shape index (κ3) is 6.57. The number of hydrogen-bond acceptors (Lipinski definition) is 4. The van der Waals surface area contributed by atoms with Crippen molar-refractivity contribution in [1.29, 1.82) is 0 Å². The summed E-state index contributed by atoms with van der Waals surface area (Å²) < 4.78 is 4.83. The van der Waals surface area contributed by atoms with Gasteiger partial charge in [0.2, 0.25) is 11.8 Å². The van der Waals surface area contributed by atoms with Gasteiger partial charge in [-0.05, 0) is 25.3 Å². The van der Waals surface area contributed by atoms with Gasteiger partial charge in [-0.2, -0.15) is 0 Å². The van der Waals surface area contributed by atoms with Crippen LogP contribution in [-0.4, -0.2) is 48.4 Å². The van der Waals surface area contributed by atoms with Crippen LogP contribution in [0.3, 0.4) is 0 Å². The number of carbonyl (C=O) groups excluding carboxylic acids is 3. The quantitative estimate of drug-likeness (QED) is 0.762. The van der Waals surface area contributed by atoms with E-state index in [1.165, 1.54) is 0 Å². The number of rotatable bonds is 7. The summed E-state index contributed by atoms with van der Waals surface area (Å²) in [6, 6.07) is 9.74.